The van der Waals surface area contributed by atoms with E-state index in [2.05, 4.69) is 44.8 Å². The van der Waals surface area contributed by atoms with Gasteiger partial charge in [0.05, 0.1) is 6.10 Å². The van der Waals surface area contributed by atoms with Crippen LogP contribution < -0.4 is 4.90 Å². The zero-order valence-electron chi connectivity index (χ0n) is 12.2. The molecule has 2 fully saturated rings. The van der Waals surface area contributed by atoms with Gasteiger partial charge in [-0.15, -0.1) is 0 Å². The molecule has 3 atom stereocenters. The van der Waals surface area contributed by atoms with Gasteiger partial charge in [0, 0.05) is 35.3 Å². The number of nitrogens with zero attached hydrogens (tertiary/aromatic N) is 2. The average molecular weight is 339 g/mol. The summed E-state index contributed by atoms with van der Waals surface area (Å²) in [6.45, 7) is 7.68. The van der Waals surface area contributed by atoms with Crippen molar-refractivity contribution in [3.63, 3.8) is 0 Å². The summed E-state index contributed by atoms with van der Waals surface area (Å²) in [6.07, 6.45) is 2.24. The van der Waals surface area contributed by atoms with Crippen LogP contribution in [-0.2, 0) is 0 Å². The van der Waals surface area contributed by atoms with E-state index in [4.69, 9.17) is 0 Å². The van der Waals surface area contributed by atoms with E-state index in [0.29, 0.717) is 6.04 Å². The maximum absolute atomic E-state index is 9.73. The summed E-state index contributed by atoms with van der Waals surface area (Å²) < 4.78 is 1.01. The van der Waals surface area contributed by atoms with Crippen LogP contribution in [0.2, 0.25) is 0 Å². The van der Waals surface area contributed by atoms with Gasteiger partial charge in [-0.05, 0) is 50.9 Å². The highest BCUT2D eigenvalue weighted by Gasteiger charge is 2.34. The third kappa shape index (κ3) is 2.61. The fraction of sp³-hybridized carbons (Fsp3) is 0.625. The van der Waals surface area contributed by atoms with E-state index in [0.717, 1.165) is 22.6 Å². The lowest BCUT2D eigenvalue weighted by Crippen LogP contribution is -2.55. The number of piperazine rings is 1. The normalized spacial score (nSPS) is 28.5. The minimum atomic E-state index is -0.428. The van der Waals surface area contributed by atoms with Crippen molar-refractivity contribution < 1.29 is 5.11 Å². The van der Waals surface area contributed by atoms with Crippen molar-refractivity contribution in [2.24, 2.45) is 0 Å². The van der Waals surface area contributed by atoms with E-state index in [1.165, 1.54) is 31.6 Å². The van der Waals surface area contributed by atoms with E-state index >= 15 is 0 Å². The molecule has 0 amide bonds. The lowest BCUT2D eigenvalue weighted by molar-refractivity contribution is 0.198. The smallest absolute Gasteiger partial charge is 0.0772 e. The molecule has 3 rings (SSSR count). The molecule has 3 nitrogen and oxygen atoms in total. The van der Waals surface area contributed by atoms with Crippen molar-refractivity contribution in [2.75, 3.05) is 24.5 Å². The quantitative estimate of drug-likeness (QED) is 0.897. The molecule has 0 bridgehead atoms. The molecule has 0 saturated carbocycles. The minimum absolute atomic E-state index is 0.428. The second-order valence-corrected chi connectivity index (χ2v) is 7.03. The summed E-state index contributed by atoms with van der Waals surface area (Å²) in [5.41, 5.74) is 2.22. The summed E-state index contributed by atoms with van der Waals surface area (Å²) in [5.74, 6) is 0. The van der Waals surface area contributed by atoms with Gasteiger partial charge in [0.1, 0.15) is 0 Å². The summed E-state index contributed by atoms with van der Waals surface area (Å²) in [5, 5.41) is 9.73. The van der Waals surface area contributed by atoms with Gasteiger partial charge < -0.3 is 10.0 Å². The molecule has 0 aliphatic carbocycles. The molecule has 2 aliphatic rings. The number of halogens is 1. The van der Waals surface area contributed by atoms with Crippen molar-refractivity contribution in [1.82, 2.24) is 4.90 Å². The Hall–Kier alpha value is -0.580. The number of aliphatic hydroxyl groups excluding tert-OH is 1. The van der Waals surface area contributed by atoms with Gasteiger partial charge in [0.15, 0.2) is 0 Å². The summed E-state index contributed by atoms with van der Waals surface area (Å²) in [6, 6.07) is 7.62. The molecule has 2 unspecified atom stereocenters. The summed E-state index contributed by atoms with van der Waals surface area (Å²) in [7, 11) is 0. The van der Waals surface area contributed by atoms with Crippen molar-refractivity contribution in [1.29, 1.82) is 0 Å². The van der Waals surface area contributed by atoms with Crippen LogP contribution in [0.3, 0.4) is 0 Å². The highest BCUT2D eigenvalue weighted by atomic mass is 79.9. The molecular weight excluding hydrogens is 316 g/mol. The first-order chi connectivity index (χ1) is 9.56. The van der Waals surface area contributed by atoms with Crippen LogP contribution in [0.5, 0.6) is 0 Å². The molecule has 0 aromatic heterocycles. The van der Waals surface area contributed by atoms with Crippen LogP contribution in [0.15, 0.2) is 22.7 Å². The molecule has 4 heteroatoms. The van der Waals surface area contributed by atoms with E-state index in [1.54, 1.807) is 6.92 Å². The predicted octanol–water partition coefficient (Wildman–Crippen LogP) is 3.18. The predicted molar refractivity (Wildman–Crippen MR) is 86.2 cm³/mol. The van der Waals surface area contributed by atoms with Crippen molar-refractivity contribution in [3.8, 4) is 0 Å². The van der Waals surface area contributed by atoms with Crippen LogP contribution in [0.4, 0.5) is 5.69 Å². The Morgan fingerprint density at radius 2 is 2.15 bits per heavy atom. The number of fused-ring (bicyclic) bond motifs is 1. The van der Waals surface area contributed by atoms with E-state index in [-0.39, 0.29) is 0 Å². The Balaban J connectivity index is 1.83. The third-order valence-electron chi connectivity index (χ3n) is 4.70. The molecule has 1 aromatic rings. The summed E-state index contributed by atoms with van der Waals surface area (Å²) in [4.78, 5) is 5.16. The summed E-state index contributed by atoms with van der Waals surface area (Å²) >= 11 is 3.59. The third-order valence-corrected chi connectivity index (χ3v) is 5.39. The maximum Gasteiger partial charge on any atom is 0.0772 e. The zero-order chi connectivity index (χ0) is 14.3. The molecule has 1 N–H and O–H groups in total. The number of rotatable bonds is 2. The molecule has 1 aromatic carbocycles. The SMILES string of the molecule is CC1CN2CCCC2CN1c1ccc([C@H](C)O)c(Br)c1. The molecule has 0 radical (unpaired) electrons. The largest absolute Gasteiger partial charge is 0.389 e. The first kappa shape index (κ1) is 14.4. The lowest BCUT2D eigenvalue weighted by atomic mass is 10.1. The van der Waals surface area contributed by atoms with Crippen LogP contribution in [-0.4, -0.2) is 41.7 Å². The van der Waals surface area contributed by atoms with Crippen molar-refractivity contribution in [3.05, 3.63) is 28.2 Å². The lowest BCUT2D eigenvalue weighted by Gasteiger charge is -2.43. The Kier molecular flexibility index (Phi) is 4.07. The number of benzene rings is 1. The standard InChI is InChI=1S/C16H23BrN2O/c1-11-9-18-7-3-4-14(18)10-19(11)13-5-6-15(12(2)20)16(17)8-13/h5-6,8,11-12,14,20H,3-4,7,9-10H2,1-2H3/t11?,12-,14?/m0/s1. The Labute approximate surface area is 129 Å². The van der Waals surface area contributed by atoms with E-state index in [9.17, 15) is 5.11 Å². The fourth-order valence-electron chi connectivity index (χ4n) is 3.58. The first-order valence-electron chi connectivity index (χ1n) is 7.54. The van der Waals surface area contributed by atoms with Crippen LogP contribution in [0, 0.1) is 0 Å². The van der Waals surface area contributed by atoms with Gasteiger partial charge >= 0.3 is 0 Å². The fourth-order valence-corrected chi connectivity index (χ4v) is 4.28. The van der Waals surface area contributed by atoms with Gasteiger partial charge in [-0.2, -0.15) is 0 Å². The van der Waals surface area contributed by atoms with Crippen LogP contribution in [0.1, 0.15) is 38.4 Å². The van der Waals surface area contributed by atoms with Crippen molar-refractivity contribution in [2.45, 2.75) is 44.9 Å². The number of hydrogen-bond acceptors (Lipinski definition) is 3. The van der Waals surface area contributed by atoms with E-state index < -0.39 is 6.10 Å². The van der Waals surface area contributed by atoms with Gasteiger partial charge in [-0.25, -0.2) is 0 Å². The molecule has 2 saturated heterocycles. The highest BCUT2D eigenvalue weighted by Crippen LogP contribution is 2.32. The van der Waals surface area contributed by atoms with E-state index in [1.807, 2.05) is 6.07 Å². The second-order valence-electron chi connectivity index (χ2n) is 6.17. The molecule has 2 aliphatic heterocycles. The Morgan fingerprint density at radius 1 is 1.35 bits per heavy atom. The van der Waals surface area contributed by atoms with Crippen molar-refractivity contribution >= 4 is 21.6 Å². The highest BCUT2D eigenvalue weighted by molar-refractivity contribution is 9.10. The molecule has 2 heterocycles. The van der Waals surface area contributed by atoms with Gasteiger partial charge in [0.25, 0.3) is 0 Å². The van der Waals surface area contributed by atoms with Crippen LogP contribution in [0.25, 0.3) is 0 Å². The molecular formula is C16H23BrN2O. The van der Waals surface area contributed by atoms with Crippen LogP contribution >= 0.6 is 15.9 Å². The second kappa shape index (κ2) is 5.66. The number of aliphatic hydroxyl groups is 1. The monoisotopic (exact) mass is 338 g/mol. The number of hydrogen-bond donors (Lipinski definition) is 1. The zero-order valence-corrected chi connectivity index (χ0v) is 13.8. The van der Waals surface area contributed by atoms with Gasteiger partial charge in [-0.1, -0.05) is 22.0 Å². The Morgan fingerprint density at radius 3 is 2.85 bits per heavy atom. The maximum atomic E-state index is 9.73. The van der Waals surface area contributed by atoms with Gasteiger partial charge in [0.2, 0.25) is 0 Å². The topological polar surface area (TPSA) is 26.7 Å². The number of anilines is 1. The molecule has 0 spiro atoms. The Bertz CT molecular complexity index is 491. The average Bonchev–Trinajstić information content (AvgIpc) is 2.84. The first-order valence-corrected chi connectivity index (χ1v) is 8.34. The molecule has 110 valence electrons. The molecule has 20 heavy (non-hydrogen) atoms. The minimum Gasteiger partial charge on any atom is -0.389 e. The van der Waals surface area contributed by atoms with Gasteiger partial charge in [-0.3, -0.25) is 4.90 Å².